The highest BCUT2D eigenvalue weighted by Crippen LogP contribution is 2.47. The number of para-hydroxylation sites is 2. The summed E-state index contributed by atoms with van der Waals surface area (Å²) in [6.45, 7) is 4.09. The Hall–Kier alpha value is -2.03. The molecule has 0 aromatic heterocycles. The summed E-state index contributed by atoms with van der Waals surface area (Å²) in [5, 5.41) is 13.6. The SMILES string of the molecule is CN=C(NCC1(c2cccc(F)c2)CC1)N1CCN(c2ccccc2O)CC1.I. The van der Waals surface area contributed by atoms with E-state index in [1.165, 1.54) is 6.07 Å². The molecule has 0 atom stereocenters. The van der Waals surface area contributed by atoms with Crippen LogP contribution in [0, 0.1) is 5.82 Å². The fourth-order valence-corrected chi connectivity index (χ4v) is 4.01. The number of nitrogens with one attached hydrogen (secondary N) is 1. The Labute approximate surface area is 188 Å². The predicted octanol–water partition coefficient (Wildman–Crippen LogP) is 3.58. The van der Waals surface area contributed by atoms with Crippen LogP contribution in [0.3, 0.4) is 0 Å². The van der Waals surface area contributed by atoms with Crippen LogP contribution in [0.5, 0.6) is 5.75 Å². The molecule has 29 heavy (non-hydrogen) atoms. The molecule has 5 nitrogen and oxygen atoms in total. The topological polar surface area (TPSA) is 51.1 Å². The lowest BCUT2D eigenvalue weighted by atomic mass is 9.96. The van der Waals surface area contributed by atoms with Crippen molar-refractivity contribution >= 4 is 35.6 Å². The van der Waals surface area contributed by atoms with Crippen LogP contribution in [-0.2, 0) is 5.41 Å². The summed E-state index contributed by atoms with van der Waals surface area (Å²) in [5.41, 5.74) is 1.98. The minimum Gasteiger partial charge on any atom is -0.506 e. The first-order valence-corrected chi connectivity index (χ1v) is 9.86. The van der Waals surface area contributed by atoms with Crippen LogP contribution in [0.2, 0.25) is 0 Å². The highest BCUT2D eigenvalue weighted by atomic mass is 127. The molecular formula is C22H28FIN4O. The average Bonchev–Trinajstić information content (AvgIpc) is 3.51. The highest BCUT2D eigenvalue weighted by Gasteiger charge is 2.44. The molecule has 2 fully saturated rings. The van der Waals surface area contributed by atoms with Gasteiger partial charge < -0.3 is 20.2 Å². The lowest BCUT2D eigenvalue weighted by Gasteiger charge is -2.38. The zero-order valence-corrected chi connectivity index (χ0v) is 19.0. The van der Waals surface area contributed by atoms with Gasteiger partial charge in [0.25, 0.3) is 0 Å². The minimum absolute atomic E-state index is 0. The largest absolute Gasteiger partial charge is 0.506 e. The number of rotatable bonds is 4. The molecule has 0 amide bonds. The zero-order chi connectivity index (χ0) is 19.6. The van der Waals surface area contributed by atoms with Gasteiger partial charge in [-0.15, -0.1) is 24.0 Å². The molecular weight excluding hydrogens is 482 g/mol. The van der Waals surface area contributed by atoms with Crippen molar-refractivity contribution in [3.05, 3.63) is 59.9 Å². The highest BCUT2D eigenvalue weighted by molar-refractivity contribution is 14.0. The molecule has 1 aliphatic heterocycles. The predicted molar refractivity (Wildman–Crippen MR) is 126 cm³/mol. The molecule has 156 valence electrons. The third-order valence-corrected chi connectivity index (χ3v) is 5.89. The molecule has 4 rings (SSSR count). The van der Waals surface area contributed by atoms with Crippen molar-refractivity contribution in [1.29, 1.82) is 0 Å². The van der Waals surface area contributed by atoms with E-state index in [1.807, 2.05) is 24.3 Å². The maximum Gasteiger partial charge on any atom is 0.193 e. The third-order valence-electron chi connectivity index (χ3n) is 5.89. The van der Waals surface area contributed by atoms with E-state index in [0.29, 0.717) is 5.75 Å². The third kappa shape index (κ3) is 4.76. The maximum absolute atomic E-state index is 13.6. The summed E-state index contributed by atoms with van der Waals surface area (Å²) in [4.78, 5) is 8.91. The lowest BCUT2D eigenvalue weighted by Crippen LogP contribution is -2.53. The van der Waals surface area contributed by atoms with Gasteiger partial charge in [-0.25, -0.2) is 4.39 Å². The number of guanidine groups is 1. The molecule has 2 N–H and O–H groups in total. The number of aromatic hydroxyl groups is 1. The van der Waals surface area contributed by atoms with E-state index >= 15 is 0 Å². The van der Waals surface area contributed by atoms with Crippen LogP contribution >= 0.6 is 24.0 Å². The van der Waals surface area contributed by atoms with E-state index in [2.05, 4.69) is 20.1 Å². The zero-order valence-electron chi connectivity index (χ0n) is 16.6. The van der Waals surface area contributed by atoms with E-state index in [0.717, 1.165) is 62.8 Å². The summed E-state index contributed by atoms with van der Waals surface area (Å²) in [7, 11) is 1.81. The van der Waals surface area contributed by atoms with Crippen molar-refractivity contribution in [1.82, 2.24) is 10.2 Å². The number of nitrogens with zero attached hydrogens (tertiary/aromatic N) is 3. The Balaban J connectivity index is 0.00000240. The van der Waals surface area contributed by atoms with Gasteiger partial charge in [0.2, 0.25) is 0 Å². The van der Waals surface area contributed by atoms with Gasteiger partial charge >= 0.3 is 0 Å². The molecule has 2 aliphatic rings. The van der Waals surface area contributed by atoms with Gasteiger partial charge in [-0.3, -0.25) is 4.99 Å². The Morgan fingerprint density at radius 1 is 1.10 bits per heavy atom. The van der Waals surface area contributed by atoms with Gasteiger partial charge in [-0.1, -0.05) is 24.3 Å². The quantitative estimate of drug-likeness (QED) is 0.375. The van der Waals surface area contributed by atoms with Crippen molar-refractivity contribution in [2.45, 2.75) is 18.3 Å². The monoisotopic (exact) mass is 510 g/mol. The Bertz CT molecular complexity index is 863. The number of benzene rings is 2. The van der Waals surface area contributed by atoms with Crippen molar-refractivity contribution in [3.8, 4) is 5.75 Å². The lowest BCUT2D eigenvalue weighted by molar-refractivity contribution is 0.368. The molecule has 1 heterocycles. The average molecular weight is 510 g/mol. The number of phenols is 1. The van der Waals surface area contributed by atoms with E-state index in [4.69, 9.17) is 0 Å². The molecule has 2 aromatic carbocycles. The van der Waals surface area contributed by atoms with Crippen LogP contribution in [0.15, 0.2) is 53.5 Å². The smallest absolute Gasteiger partial charge is 0.193 e. The van der Waals surface area contributed by atoms with E-state index < -0.39 is 0 Å². The molecule has 7 heteroatoms. The minimum atomic E-state index is -0.173. The summed E-state index contributed by atoms with van der Waals surface area (Å²) < 4.78 is 13.6. The van der Waals surface area contributed by atoms with Crippen LogP contribution in [0.25, 0.3) is 0 Å². The van der Waals surface area contributed by atoms with Gasteiger partial charge in [-0.2, -0.15) is 0 Å². The van der Waals surface area contributed by atoms with Gasteiger partial charge in [0.15, 0.2) is 5.96 Å². The first-order valence-electron chi connectivity index (χ1n) is 9.86. The van der Waals surface area contributed by atoms with Gasteiger partial charge in [0.1, 0.15) is 11.6 Å². The fourth-order valence-electron chi connectivity index (χ4n) is 4.01. The van der Waals surface area contributed by atoms with Crippen molar-refractivity contribution in [3.63, 3.8) is 0 Å². The van der Waals surface area contributed by atoms with E-state index in [1.54, 1.807) is 25.2 Å². The van der Waals surface area contributed by atoms with E-state index in [-0.39, 0.29) is 35.2 Å². The number of aliphatic imine (C=N–C) groups is 1. The van der Waals surface area contributed by atoms with Crippen LogP contribution in [0.1, 0.15) is 18.4 Å². The first-order chi connectivity index (χ1) is 13.6. The summed E-state index contributed by atoms with van der Waals surface area (Å²) in [6, 6.07) is 14.4. The van der Waals surface area contributed by atoms with Crippen LogP contribution in [0.4, 0.5) is 10.1 Å². The van der Waals surface area contributed by atoms with Crippen molar-refractivity contribution < 1.29 is 9.50 Å². The molecule has 0 spiro atoms. The Morgan fingerprint density at radius 3 is 2.45 bits per heavy atom. The van der Waals surface area contributed by atoms with Gasteiger partial charge in [0, 0.05) is 45.2 Å². The standard InChI is InChI=1S/C22H27FN4O.HI/c1-24-21(25-16-22(9-10-22)17-5-4-6-18(23)15-17)27-13-11-26(12-14-27)19-7-2-3-8-20(19)28;/h2-8,15,28H,9-14,16H2,1H3,(H,24,25);1H. The Morgan fingerprint density at radius 2 is 1.83 bits per heavy atom. The first kappa shape index (κ1) is 21.7. The molecule has 0 bridgehead atoms. The summed E-state index contributed by atoms with van der Waals surface area (Å²) in [5.74, 6) is 1.04. The fraction of sp³-hybridized carbons (Fsp3) is 0.409. The molecule has 2 aromatic rings. The number of hydrogen-bond acceptors (Lipinski definition) is 3. The molecule has 1 aliphatic carbocycles. The maximum atomic E-state index is 13.6. The van der Waals surface area contributed by atoms with Gasteiger partial charge in [-0.05, 0) is 42.7 Å². The number of anilines is 1. The second-order valence-corrected chi connectivity index (χ2v) is 7.65. The summed E-state index contributed by atoms with van der Waals surface area (Å²) >= 11 is 0. The molecule has 0 unspecified atom stereocenters. The second-order valence-electron chi connectivity index (χ2n) is 7.65. The number of hydrogen-bond donors (Lipinski definition) is 2. The summed E-state index contributed by atoms with van der Waals surface area (Å²) in [6.07, 6.45) is 2.14. The Kier molecular flexibility index (Phi) is 6.87. The number of halogens is 2. The number of phenolic OH excluding ortho intramolecular Hbond substituents is 1. The van der Waals surface area contributed by atoms with Crippen LogP contribution in [-0.4, -0.2) is 55.7 Å². The van der Waals surface area contributed by atoms with E-state index in [9.17, 15) is 9.50 Å². The normalized spacial score (nSPS) is 18.2. The molecule has 1 saturated heterocycles. The van der Waals surface area contributed by atoms with Crippen LogP contribution < -0.4 is 10.2 Å². The molecule has 0 radical (unpaired) electrons. The van der Waals surface area contributed by atoms with Gasteiger partial charge in [0.05, 0.1) is 5.69 Å². The second kappa shape index (κ2) is 9.19. The molecule has 1 saturated carbocycles. The van der Waals surface area contributed by atoms with Crippen molar-refractivity contribution in [2.24, 2.45) is 4.99 Å². The van der Waals surface area contributed by atoms with Crippen molar-refractivity contribution in [2.75, 3.05) is 44.7 Å². The number of piperazine rings is 1.